The molecule has 1 aromatic carbocycles. The van der Waals surface area contributed by atoms with Gasteiger partial charge in [-0.15, -0.1) is 0 Å². The molecular formula is C12H13ClN2O. The van der Waals surface area contributed by atoms with Crippen molar-refractivity contribution in [3.05, 3.63) is 29.1 Å². The average Bonchev–Trinajstić information content (AvgIpc) is 2.99. The lowest BCUT2D eigenvalue weighted by molar-refractivity contribution is 0.327. The number of hydrogen-bond donors (Lipinski definition) is 1. The zero-order valence-corrected chi connectivity index (χ0v) is 9.79. The lowest BCUT2D eigenvalue weighted by atomic mass is 9.97. The van der Waals surface area contributed by atoms with E-state index in [2.05, 4.69) is 4.98 Å². The predicted molar refractivity (Wildman–Crippen MR) is 63.3 cm³/mol. The highest BCUT2D eigenvalue weighted by Gasteiger charge is 2.43. The minimum atomic E-state index is -0.453. The van der Waals surface area contributed by atoms with E-state index in [-0.39, 0.29) is 0 Å². The van der Waals surface area contributed by atoms with Crippen LogP contribution < -0.4 is 5.73 Å². The zero-order chi connectivity index (χ0) is 11.3. The van der Waals surface area contributed by atoms with Crippen molar-refractivity contribution in [2.75, 3.05) is 0 Å². The first kappa shape index (κ1) is 10.1. The van der Waals surface area contributed by atoms with Gasteiger partial charge >= 0.3 is 0 Å². The van der Waals surface area contributed by atoms with Gasteiger partial charge in [0, 0.05) is 11.1 Å². The molecule has 1 fully saturated rings. The molecule has 1 heterocycles. The van der Waals surface area contributed by atoms with Gasteiger partial charge in [-0.05, 0) is 37.8 Å². The third kappa shape index (κ3) is 1.51. The van der Waals surface area contributed by atoms with E-state index in [9.17, 15) is 0 Å². The molecule has 1 aliphatic carbocycles. The summed E-state index contributed by atoms with van der Waals surface area (Å²) in [6.45, 7) is 1.98. The Labute approximate surface area is 98.6 Å². The van der Waals surface area contributed by atoms with Crippen LogP contribution >= 0.6 is 11.6 Å². The molecule has 1 atom stereocenters. The van der Waals surface area contributed by atoms with Crippen LogP contribution in [-0.2, 0) is 5.54 Å². The minimum Gasteiger partial charge on any atom is -0.439 e. The van der Waals surface area contributed by atoms with Crippen LogP contribution in [0, 0.1) is 5.92 Å². The van der Waals surface area contributed by atoms with Gasteiger partial charge < -0.3 is 10.2 Å². The van der Waals surface area contributed by atoms with Crippen LogP contribution in [0.25, 0.3) is 11.1 Å². The van der Waals surface area contributed by atoms with Crippen LogP contribution in [0.5, 0.6) is 0 Å². The van der Waals surface area contributed by atoms with Gasteiger partial charge in [-0.1, -0.05) is 11.6 Å². The highest BCUT2D eigenvalue weighted by Crippen LogP contribution is 2.44. The highest BCUT2D eigenvalue weighted by atomic mass is 35.5. The van der Waals surface area contributed by atoms with Gasteiger partial charge in [-0.2, -0.15) is 0 Å². The molecule has 0 aliphatic heterocycles. The fourth-order valence-corrected chi connectivity index (χ4v) is 2.15. The summed E-state index contributed by atoms with van der Waals surface area (Å²) in [6, 6.07) is 5.44. The van der Waals surface area contributed by atoms with Gasteiger partial charge in [0.25, 0.3) is 0 Å². The Kier molecular flexibility index (Phi) is 2.03. The Balaban J connectivity index is 2.11. The van der Waals surface area contributed by atoms with Crippen LogP contribution in [0.1, 0.15) is 25.7 Å². The van der Waals surface area contributed by atoms with E-state index < -0.39 is 5.54 Å². The molecule has 2 N–H and O–H groups in total. The molecule has 1 saturated carbocycles. The molecule has 0 bridgehead atoms. The van der Waals surface area contributed by atoms with Crippen molar-refractivity contribution in [1.82, 2.24) is 4.98 Å². The van der Waals surface area contributed by atoms with Crippen molar-refractivity contribution in [2.24, 2.45) is 11.7 Å². The topological polar surface area (TPSA) is 52.0 Å². The molecule has 0 spiro atoms. The molecule has 1 aromatic heterocycles. The van der Waals surface area contributed by atoms with E-state index in [0.29, 0.717) is 22.4 Å². The predicted octanol–water partition coefficient (Wildman–Crippen LogP) is 3.07. The Morgan fingerprint density at radius 2 is 2.25 bits per heavy atom. The third-order valence-corrected chi connectivity index (χ3v) is 3.47. The monoisotopic (exact) mass is 236 g/mol. The van der Waals surface area contributed by atoms with Gasteiger partial charge in [-0.3, -0.25) is 0 Å². The van der Waals surface area contributed by atoms with Crippen LogP contribution in [0.4, 0.5) is 0 Å². The van der Waals surface area contributed by atoms with E-state index >= 15 is 0 Å². The molecule has 3 nitrogen and oxygen atoms in total. The number of aromatic nitrogens is 1. The van der Waals surface area contributed by atoms with Crippen molar-refractivity contribution < 1.29 is 4.42 Å². The standard InChI is InChI=1S/C12H13ClN2O/c1-12(14,7-2-3-7)11-15-9-5-4-8(13)6-10(9)16-11/h4-7H,2-3,14H2,1H3. The summed E-state index contributed by atoms with van der Waals surface area (Å²) >= 11 is 5.90. The van der Waals surface area contributed by atoms with Gasteiger partial charge in [0.1, 0.15) is 5.52 Å². The maximum atomic E-state index is 6.26. The molecule has 0 saturated heterocycles. The number of nitrogens with zero attached hydrogens (tertiary/aromatic N) is 1. The fourth-order valence-electron chi connectivity index (χ4n) is 1.99. The summed E-state index contributed by atoms with van der Waals surface area (Å²) in [4.78, 5) is 4.44. The largest absolute Gasteiger partial charge is 0.439 e. The Morgan fingerprint density at radius 3 is 2.94 bits per heavy atom. The third-order valence-electron chi connectivity index (χ3n) is 3.24. The summed E-state index contributed by atoms with van der Waals surface area (Å²) in [5, 5.41) is 0.653. The summed E-state index contributed by atoms with van der Waals surface area (Å²) in [7, 11) is 0. The van der Waals surface area contributed by atoms with Crippen LogP contribution in [0.15, 0.2) is 22.6 Å². The molecule has 1 aliphatic rings. The molecule has 16 heavy (non-hydrogen) atoms. The second-order valence-electron chi connectivity index (χ2n) is 4.69. The van der Waals surface area contributed by atoms with Gasteiger partial charge in [0.15, 0.2) is 5.58 Å². The second-order valence-corrected chi connectivity index (χ2v) is 5.12. The summed E-state index contributed by atoms with van der Waals surface area (Å²) in [5.74, 6) is 1.11. The fraction of sp³-hybridized carbons (Fsp3) is 0.417. The quantitative estimate of drug-likeness (QED) is 0.872. The summed E-state index contributed by atoms with van der Waals surface area (Å²) in [5.41, 5.74) is 7.33. The van der Waals surface area contributed by atoms with Crippen LogP contribution in [0.3, 0.4) is 0 Å². The van der Waals surface area contributed by atoms with E-state index in [1.54, 1.807) is 12.1 Å². The first-order valence-corrected chi connectivity index (χ1v) is 5.80. The normalized spacial score (nSPS) is 19.9. The van der Waals surface area contributed by atoms with E-state index in [1.807, 2.05) is 13.0 Å². The minimum absolute atomic E-state index is 0.453. The Bertz CT molecular complexity index is 543. The number of halogens is 1. The van der Waals surface area contributed by atoms with E-state index in [4.69, 9.17) is 21.8 Å². The first-order valence-electron chi connectivity index (χ1n) is 5.43. The number of nitrogens with two attached hydrogens (primary N) is 1. The Morgan fingerprint density at radius 1 is 1.50 bits per heavy atom. The molecule has 84 valence electrons. The number of fused-ring (bicyclic) bond motifs is 1. The van der Waals surface area contributed by atoms with Crippen LogP contribution in [-0.4, -0.2) is 4.98 Å². The average molecular weight is 237 g/mol. The highest BCUT2D eigenvalue weighted by molar-refractivity contribution is 6.31. The lowest BCUT2D eigenvalue weighted by Gasteiger charge is -2.19. The molecular weight excluding hydrogens is 224 g/mol. The number of oxazole rings is 1. The number of hydrogen-bond acceptors (Lipinski definition) is 3. The van der Waals surface area contributed by atoms with Crippen molar-refractivity contribution in [2.45, 2.75) is 25.3 Å². The van der Waals surface area contributed by atoms with Crippen molar-refractivity contribution in [1.29, 1.82) is 0 Å². The van der Waals surface area contributed by atoms with Gasteiger partial charge in [0.2, 0.25) is 5.89 Å². The molecule has 1 unspecified atom stereocenters. The van der Waals surface area contributed by atoms with Crippen LogP contribution in [0.2, 0.25) is 5.02 Å². The number of rotatable bonds is 2. The number of benzene rings is 1. The SMILES string of the molecule is CC(N)(c1nc2ccc(Cl)cc2o1)C1CC1. The van der Waals surface area contributed by atoms with Crippen molar-refractivity contribution >= 4 is 22.7 Å². The lowest BCUT2D eigenvalue weighted by Crippen LogP contribution is -2.35. The molecule has 0 radical (unpaired) electrons. The van der Waals surface area contributed by atoms with Crippen molar-refractivity contribution in [3.8, 4) is 0 Å². The smallest absolute Gasteiger partial charge is 0.215 e. The first-order chi connectivity index (χ1) is 7.57. The molecule has 2 aromatic rings. The molecule has 4 heteroatoms. The molecule has 0 amide bonds. The maximum Gasteiger partial charge on any atom is 0.215 e. The second kappa shape index (κ2) is 3.22. The van der Waals surface area contributed by atoms with E-state index in [1.165, 1.54) is 0 Å². The van der Waals surface area contributed by atoms with Crippen molar-refractivity contribution in [3.63, 3.8) is 0 Å². The van der Waals surface area contributed by atoms with Gasteiger partial charge in [0.05, 0.1) is 5.54 Å². The molecule has 3 rings (SSSR count). The Hall–Kier alpha value is -1.06. The zero-order valence-electron chi connectivity index (χ0n) is 9.03. The van der Waals surface area contributed by atoms with E-state index in [0.717, 1.165) is 18.4 Å². The summed E-state index contributed by atoms with van der Waals surface area (Å²) in [6.07, 6.45) is 2.32. The van der Waals surface area contributed by atoms with Gasteiger partial charge in [-0.25, -0.2) is 4.98 Å². The maximum absolute atomic E-state index is 6.26. The summed E-state index contributed by atoms with van der Waals surface area (Å²) < 4.78 is 5.69.